The Hall–Kier alpha value is -2.93. The molecule has 2 saturated heterocycles. The molecule has 150 valence electrons. The molecule has 0 N–H and O–H groups in total. The summed E-state index contributed by atoms with van der Waals surface area (Å²) in [5.41, 5.74) is 3.03. The number of pyridine rings is 1. The summed E-state index contributed by atoms with van der Waals surface area (Å²) in [5, 5.41) is 8.01. The zero-order valence-corrected chi connectivity index (χ0v) is 16.2. The number of piperidine rings is 1. The highest BCUT2D eigenvalue weighted by atomic mass is 16.5. The average Bonchev–Trinajstić information content (AvgIpc) is 3.46. The lowest BCUT2D eigenvalue weighted by molar-refractivity contribution is -0.142. The normalized spacial score (nSPS) is 20.3. The summed E-state index contributed by atoms with van der Waals surface area (Å²) in [4.78, 5) is 14.4. The number of hydrogen-bond donors (Lipinski definition) is 0. The molecule has 29 heavy (non-hydrogen) atoms. The van der Waals surface area contributed by atoms with E-state index in [0.717, 1.165) is 61.3 Å². The molecular weight excluding hydrogens is 368 g/mol. The maximum atomic E-state index is 12.5. The highest BCUT2D eigenvalue weighted by Crippen LogP contribution is 2.26. The number of carbonyl (C=O) groups is 1. The molecule has 2 aromatic heterocycles. The molecule has 0 spiro atoms. The fourth-order valence-electron chi connectivity index (χ4n) is 4.09. The van der Waals surface area contributed by atoms with Crippen LogP contribution in [-0.2, 0) is 9.53 Å². The lowest BCUT2D eigenvalue weighted by atomic mass is 10.1. The molecule has 1 aromatic carbocycles. The van der Waals surface area contributed by atoms with Gasteiger partial charge < -0.3 is 14.4 Å². The van der Waals surface area contributed by atoms with Crippen LogP contribution in [0.5, 0.6) is 5.75 Å². The van der Waals surface area contributed by atoms with Crippen LogP contribution in [0.1, 0.15) is 25.7 Å². The number of likely N-dealkylation sites (tertiary alicyclic amines) is 1. The second-order valence-corrected chi connectivity index (χ2v) is 7.68. The van der Waals surface area contributed by atoms with Crippen LogP contribution >= 0.6 is 0 Å². The van der Waals surface area contributed by atoms with E-state index in [0.29, 0.717) is 6.61 Å². The van der Waals surface area contributed by atoms with Crippen molar-refractivity contribution in [3.8, 4) is 16.9 Å². The van der Waals surface area contributed by atoms with E-state index in [4.69, 9.17) is 9.47 Å². The van der Waals surface area contributed by atoms with Crippen LogP contribution in [0, 0.1) is 0 Å². The zero-order chi connectivity index (χ0) is 19.6. The van der Waals surface area contributed by atoms with Gasteiger partial charge in [-0.05, 0) is 48.2 Å². The molecule has 0 aliphatic carbocycles. The fourth-order valence-corrected chi connectivity index (χ4v) is 4.09. The predicted octanol–water partition coefficient (Wildman–Crippen LogP) is 2.95. The van der Waals surface area contributed by atoms with E-state index < -0.39 is 0 Å². The lowest BCUT2D eigenvalue weighted by Crippen LogP contribution is -2.45. The van der Waals surface area contributed by atoms with Crippen LogP contribution in [0.15, 0.2) is 48.9 Å². The number of rotatable bonds is 4. The number of hydrogen-bond acceptors (Lipinski definition) is 5. The fraction of sp³-hybridized carbons (Fsp3) is 0.409. The summed E-state index contributed by atoms with van der Waals surface area (Å²) >= 11 is 0. The summed E-state index contributed by atoms with van der Waals surface area (Å²) < 4.78 is 13.6. The molecule has 7 nitrogen and oxygen atoms in total. The third kappa shape index (κ3) is 3.82. The molecule has 0 saturated carbocycles. The summed E-state index contributed by atoms with van der Waals surface area (Å²) in [5.74, 6) is 1.01. The first-order valence-corrected chi connectivity index (χ1v) is 10.2. The van der Waals surface area contributed by atoms with Crippen molar-refractivity contribution >= 4 is 11.6 Å². The first-order chi connectivity index (χ1) is 14.3. The van der Waals surface area contributed by atoms with Crippen molar-refractivity contribution in [1.82, 2.24) is 19.5 Å². The smallest absolute Gasteiger partial charge is 0.251 e. The van der Waals surface area contributed by atoms with E-state index in [-0.39, 0.29) is 18.1 Å². The van der Waals surface area contributed by atoms with Crippen LogP contribution in [0.2, 0.25) is 0 Å². The van der Waals surface area contributed by atoms with E-state index in [1.54, 1.807) is 6.33 Å². The molecular formula is C22H24N4O3. The Morgan fingerprint density at radius 3 is 2.66 bits per heavy atom. The molecule has 4 heterocycles. The van der Waals surface area contributed by atoms with Gasteiger partial charge in [0, 0.05) is 38.7 Å². The van der Waals surface area contributed by atoms with Crippen molar-refractivity contribution in [3.63, 3.8) is 0 Å². The van der Waals surface area contributed by atoms with Crippen LogP contribution in [0.25, 0.3) is 16.8 Å². The van der Waals surface area contributed by atoms with Crippen LogP contribution < -0.4 is 4.74 Å². The second-order valence-electron chi connectivity index (χ2n) is 7.68. The molecule has 7 heteroatoms. The number of nitrogens with zero attached hydrogens (tertiary/aromatic N) is 4. The monoisotopic (exact) mass is 392 g/mol. The minimum atomic E-state index is -0.225. The molecule has 2 fully saturated rings. The van der Waals surface area contributed by atoms with E-state index in [1.807, 2.05) is 39.8 Å². The predicted molar refractivity (Wildman–Crippen MR) is 108 cm³/mol. The van der Waals surface area contributed by atoms with Crippen LogP contribution in [0.4, 0.5) is 0 Å². The zero-order valence-electron chi connectivity index (χ0n) is 16.2. The van der Waals surface area contributed by atoms with Crippen LogP contribution in [-0.4, -0.2) is 57.3 Å². The Labute approximate surface area is 169 Å². The summed E-state index contributed by atoms with van der Waals surface area (Å²) in [6, 6.07) is 12.2. The number of amides is 1. The highest BCUT2D eigenvalue weighted by Gasteiger charge is 2.31. The van der Waals surface area contributed by atoms with Gasteiger partial charge >= 0.3 is 0 Å². The van der Waals surface area contributed by atoms with Crippen molar-refractivity contribution in [2.75, 3.05) is 19.7 Å². The summed E-state index contributed by atoms with van der Waals surface area (Å²) in [7, 11) is 0. The van der Waals surface area contributed by atoms with E-state index in [1.165, 1.54) is 0 Å². The second kappa shape index (κ2) is 7.83. The average molecular weight is 392 g/mol. The van der Waals surface area contributed by atoms with Crippen molar-refractivity contribution in [3.05, 3.63) is 48.9 Å². The Bertz CT molecular complexity index is 987. The molecule has 0 bridgehead atoms. The number of ether oxygens (including phenoxy) is 2. The third-order valence-electron chi connectivity index (χ3n) is 5.75. The van der Waals surface area contributed by atoms with Crippen molar-refractivity contribution in [2.24, 2.45) is 0 Å². The van der Waals surface area contributed by atoms with Gasteiger partial charge in [0.15, 0.2) is 5.65 Å². The SMILES string of the molecule is O=C(C1CCCO1)N1CCC(Oc2ccc(-c3ccn4cnnc4c3)cc2)CC1. The Morgan fingerprint density at radius 2 is 1.90 bits per heavy atom. The number of benzene rings is 1. The van der Waals surface area contributed by atoms with Crippen LogP contribution in [0.3, 0.4) is 0 Å². The van der Waals surface area contributed by atoms with Gasteiger partial charge in [0.2, 0.25) is 0 Å². The van der Waals surface area contributed by atoms with Crippen molar-refractivity contribution in [1.29, 1.82) is 0 Å². The Kier molecular flexibility index (Phi) is 4.89. The number of carbonyl (C=O) groups excluding carboxylic acids is 1. The lowest BCUT2D eigenvalue weighted by Gasteiger charge is -2.33. The minimum Gasteiger partial charge on any atom is -0.490 e. The summed E-state index contributed by atoms with van der Waals surface area (Å²) in [6.45, 7) is 2.18. The molecule has 1 amide bonds. The molecule has 1 atom stereocenters. The number of aromatic nitrogens is 3. The van der Waals surface area contributed by atoms with Gasteiger partial charge in [0.25, 0.3) is 5.91 Å². The first-order valence-electron chi connectivity index (χ1n) is 10.2. The van der Waals surface area contributed by atoms with Gasteiger partial charge in [0.05, 0.1) is 0 Å². The Balaban J connectivity index is 1.18. The van der Waals surface area contributed by atoms with Crippen molar-refractivity contribution in [2.45, 2.75) is 37.9 Å². The molecule has 3 aromatic rings. The quantitative estimate of drug-likeness (QED) is 0.683. The van der Waals surface area contributed by atoms with E-state index >= 15 is 0 Å². The van der Waals surface area contributed by atoms with E-state index in [2.05, 4.69) is 22.3 Å². The van der Waals surface area contributed by atoms with Gasteiger partial charge in [-0.3, -0.25) is 9.20 Å². The highest BCUT2D eigenvalue weighted by molar-refractivity contribution is 5.81. The standard InChI is InChI=1S/C22H24N4O3/c27-22(20-2-1-13-28-20)25-11-8-19(9-12-25)29-18-5-3-16(4-6-18)17-7-10-26-15-23-24-21(26)14-17/h3-7,10,14-15,19-20H,1-2,8-9,11-13H2. The largest absolute Gasteiger partial charge is 0.490 e. The maximum absolute atomic E-state index is 12.5. The topological polar surface area (TPSA) is 69.0 Å². The van der Waals surface area contributed by atoms with Gasteiger partial charge in [-0.2, -0.15) is 0 Å². The number of fused-ring (bicyclic) bond motifs is 1. The van der Waals surface area contributed by atoms with E-state index in [9.17, 15) is 4.79 Å². The first kappa shape index (κ1) is 18.1. The van der Waals surface area contributed by atoms with Crippen molar-refractivity contribution < 1.29 is 14.3 Å². The molecule has 0 radical (unpaired) electrons. The molecule has 2 aliphatic rings. The minimum absolute atomic E-state index is 0.140. The van der Waals surface area contributed by atoms with Gasteiger partial charge in [0.1, 0.15) is 24.3 Å². The maximum Gasteiger partial charge on any atom is 0.251 e. The van der Waals surface area contributed by atoms with Gasteiger partial charge in [-0.1, -0.05) is 12.1 Å². The Morgan fingerprint density at radius 1 is 1.07 bits per heavy atom. The molecule has 1 unspecified atom stereocenters. The molecule has 5 rings (SSSR count). The third-order valence-corrected chi connectivity index (χ3v) is 5.75. The van der Waals surface area contributed by atoms with Gasteiger partial charge in [-0.25, -0.2) is 0 Å². The molecule has 2 aliphatic heterocycles. The van der Waals surface area contributed by atoms with Gasteiger partial charge in [-0.15, -0.1) is 10.2 Å². The summed E-state index contributed by atoms with van der Waals surface area (Å²) in [6.07, 6.45) is 7.10.